The van der Waals surface area contributed by atoms with Gasteiger partial charge in [0.15, 0.2) is 0 Å². The molecule has 24 heavy (non-hydrogen) atoms. The molecule has 0 unspecified atom stereocenters. The molecule has 0 aliphatic rings. The summed E-state index contributed by atoms with van der Waals surface area (Å²) in [6.07, 6.45) is 0. The molecule has 4 rings (SSSR count). The van der Waals surface area contributed by atoms with Crippen molar-refractivity contribution in [1.82, 2.24) is 14.9 Å². The van der Waals surface area contributed by atoms with Gasteiger partial charge >= 0.3 is 0 Å². The zero-order chi connectivity index (χ0) is 16.7. The number of carbonyl (C=O) groups is 1. The monoisotopic (exact) mass is 399 g/mol. The lowest BCUT2D eigenvalue weighted by Crippen LogP contribution is -2.25. The van der Waals surface area contributed by atoms with Crippen molar-refractivity contribution in [3.8, 4) is 0 Å². The van der Waals surface area contributed by atoms with Crippen LogP contribution in [0.2, 0.25) is 0 Å². The molecule has 0 radical (unpaired) electrons. The summed E-state index contributed by atoms with van der Waals surface area (Å²) < 4.78 is 3.86. The van der Waals surface area contributed by atoms with Gasteiger partial charge in [0.1, 0.15) is 10.7 Å². The Balaban J connectivity index is 1.60. The summed E-state index contributed by atoms with van der Waals surface area (Å²) >= 11 is 5.17. The highest BCUT2D eigenvalue weighted by Crippen LogP contribution is 2.30. The number of nitrogens with one attached hydrogen (secondary N) is 1. The molecule has 0 aliphatic heterocycles. The Labute approximate surface area is 151 Å². The molecular weight excluding hydrogens is 386 g/mol. The minimum Gasteiger partial charge on any atom is -0.344 e. The van der Waals surface area contributed by atoms with Crippen molar-refractivity contribution in [2.24, 2.45) is 7.05 Å². The molecule has 0 spiro atoms. The maximum Gasteiger partial charge on any atom is 0.269 e. The Hall–Kier alpha value is -2.18. The molecule has 2 aromatic heterocycles. The molecule has 2 heterocycles. The summed E-state index contributed by atoms with van der Waals surface area (Å²) in [7, 11) is 1.90. The van der Waals surface area contributed by atoms with Crippen LogP contribution < -0.4 is 5.32 Å². The van der Waals surface area contributed by atoms with Crippen molar-refractivity contribution in [3.05, 3.63) is 63.7 Å². The van der Waals surface area contributed by atoms with E-state index in [4.69, 9.17) is 0 Å². The van der Waals surface area contributed by atoms with Crippen molar-refractivity contribution in [1.29, 1.82) is 0 Å². The van der Waals surface area contributed by atoms with Crippen molar-refractivity contribution >= 4 is 54.3 Å². The number of amides is 1. The van der Waals surface area contributed by atoms with E-state index in [1.165, 1.54) is 0 Å². The van der Waals surface area contributed by atoms with Gasteiger partial charge in [-0.2, -0.15) is 0 Å². The van der Waals surface area contributed by atoms with Crippen LogP contribution in [0.1, 0.15) is 15.5 Å². The first-order chi connectivity index (χ1) is 11.6. The predicted molar refractivity (Wildman–Crippen MR) is 101 cm³/mol. The summed E-state index contributed by atoms with van der Waals surface area (Å²) in [5, 5.41) is 4.91. The molecule has 0 bridgehead atoms. The maximum absolute atomic E-state index is 12.7. The van der Waals surface area contributed by atoms with E-state index in [1.54, 1.807) is 11.3 Å². The molecule has 6 heteroatoms. The van der Waals surface area contributed by atoms with E-state index in [0.717, 1.165) is 30.6 Å². The lowest BCUT2D eigenvalue weighted by Gasteiger charge is -2.05. The highest BCUT2D eigenvalue weighted by atomic mass is 79.9. The lowest BCUT2D eigenvalue weighted by atomic mass is 10.2. The molecule has 2 aromatic carbocycles. The fourth-order valence-corrected chi connectivity index (χ4v) is 4.52. The number of rotatable bonds is 3. The molecule has 4 nitrogen and oxygen atoms in total. The SMILES string of the molecule is Cn1c(C(=O)NCc2nc3ccccc3s2)c(Br)c2ccccc21. The maximum atomic E-state index is 12.7. The standard InChI is InChI=1S/C18H14BrN3OS/c1-22-13-8-4-2-6-11(13)16(19)17(22)18(23)20-10-15-21-12-7-3-5-9-14(12)24-15/h2-9H,10H2,1H3,(H,20,23). The number of aromatic nitrogens is 2. The molecule has 0 fully saturated rings. The number of hydrogen-bond donors (Lipinski definition) is 1. The zero-order valence-corrected chi connectivity index (χ0v) is 15.3. The first-order valence-corrected chi connectivity index (χ1v) is 9.11. The van der Waals surface area contributed by atoms with Crippen LogP contribution in [0.15, 0.2) is 53.0 Å². The van der Waals surface area contributed by atoms with Gasteiger partial charge in [-0.05, 0) is 34.1 Å². The van der Waals surface area contributed by atoms with E-state index < -0.39 is 0 Å². The predicted octanol–water partition coefficient (Wildman–Crippen LogP) is 4.48. The third kappa shape index (κ3) is 2.52. The fraction of sp³-hybridized carbons (Fsp3) is 0.111. The van der Waals surface area contributed by atoms with Crippen LogP contribution in [-0.2, 0) is 13.6 Å². The number of fused-ring (bicyclic) bond motifs is 2. The van der Waals surface area contributed by atoms with Gasteiger partial charge in [0, 0.05) is 18.0 Å². The van der Waals surface area contributed by atoms with Crippen molar-refractivity contribution in [2.75, 3.05) is 0 Å². The van der Waals surface area contributed by atoms with E-state index in [1.807, 2.05) is 60.1 Å². The first kappa shape index (κ1) is 15.4. The summed E-state index contributed by atoms with van der Waals surface area (Å²) in [5.41, 5.74) is 2.62. The summed E-state index contributed by atoms with van der Waals surface area (Å²) in [4.78, 5) is 17.2. The number of hydrogen-bond acceptors (Lipinski definition) is 3. The summed E-state index contributed by atoms with van der Waals surface area (Å²) in [6, 6.07) is 15.9. The number of thiazole rings is 1. The Morgan fingerprint density at radius 1 is 1.21 bits per heavy atom. The summed E-state index contributed by atoms with van der Waals surface area (Å²) in [5.74, 6) is -0.111. The highest BCUT2D eigenvalue weighted by Gasteiger charge is 2.19. The first-order valence-electron chi connectivity index (χ1n) is 7.50. The largest absolute Gasteiger partial charge is 0.344 e. The third-order valence-electron chi connectivity index (χ3n) is 4.00. The number of halogens is 1. The van der Waals surface area contributed by atoms with Crippen LogP contribution in [0.4, 0.5) is 0 Å². The van der Waals surface area contributed by atoms with Gasteiger partial charge in [-0.3, -0.25) is 4.79 Å². The van der Waals surface area contributed by atoms with Crippen LogP contribution in [0, 0.1) is 0 Å². The van der Waals surface area contributed by atoms with Gasteiger partial charge in [0.2, 0.25) is 0 Å². The Morgan fingerprint density at radius 3 is 2.75 bits per heavy atom. The van der Waals surface area contributed by atoms with Gasteiger partial charge in [0.25, 0.3) is 5.91 Å². The van der Waals surface area contributed by atoms with E-state index in [9.17, 15) is 4.79 Å². The van der Waals surface area contributed by atoms with E-state index >= 15 is 0 Å². The zero-order valence-electron chi connectivity index (χ0n) is 12.9. The smallest absolute Gasteiger partial charge is 0.269 e. The van der Waals surface area contributed by atoms with Gasteiger partial charge in [0.05, 0.1) is 21.2 Å². The number of para-hydroxylation sites is 2. The molecular formula is C18H14BrN3OS. The molecule has 0 saturated carbocycles. The lowest BCUT2D eigenvalue weighted by molar-refractivity contribution is 0.0942. The van der Waals surface area contributed by atoms with Crippen molar-refractivity contribution in [3.63, 3.8) is 0 Å². The van der Waals surface area contributed by atoms with Gasteiger partial charge in [-0.15, -0.1) is 11.3 Å². The fourth-order valence-electron chi connectivity index (χ4n) is 2.83. The molecule has 120 valence electrons. The van der Waals surface area contributed by atoms with Gasteiger partial charge in [-0.1, -0.05) is 30.3 Å². The van der Waals surface area contributed by atoms with Crippen LogP contribution >= 0.6 is 27.3 Å². The Kier molecular flexibility index (Phi) is 3.86. The molecule has 1 amide bonds. The second-order valence-corrected chi connectivity index (χ2v) is 7.40. The normalized spacial score (nSPS) is 11.2. The average Bonchev–Trinajstić information content (AvgIpc) is 3.13. The van der Waals surface area contributed by atoms with Crippen molar-refractivity contribution in [2.45, 2.75) is 6.54 Å². The van der Waals surface area contributed by atoms with Crippen LogP contribution in [-0.4, -0.2) is 15.5 Å². The highest BCUT2D eigenvalue weighted by molar-refractivity contribution is 9.10. The summed E-state index contributed by atoms with van der Waals surface area (Å²) in [6.45, 7) is 0.423. The second kappa shape index (κ2) is 6.03. The quantitative estimate of drug-likeness (QED) is 0.551. The molecule has 0 aliphatic carbocycles. The topological polar surface area (TPSA) is 46.9 Å². The van der Waals surface area contributed by atoms with Crippen LogP contribution in [0.3, 0.4) is 0 Å². The van der Waals surface area contributed by atoms with Gasteiger partial charge < -0.3 is 9.88 Å². The third-order valence-corrected chi connectivity index (χ3v) is 5.84. The van der Waals surface area contributed by atoms with Crippen LogP contribution in [0.5, 0.6) is 0 Å². The minimum absolute atomic E-state index is 0.111. The van der Waals surface area contributed by atoms with E-state index in [2.05, 4.69) is 26.2 Å². The molecule has 1 N–H and O–H groups in total. The van der Waals surface area contributed by atoms with E-state index in [0.29, 0.717) is 12.2 Å². The van der Waals surface area contributed by atoms with Gasteiger partial charge in [-0.25, -0.2) is 4.98 Å². The number of carbonyl (C=O) groups excluding carboxylic acids is 1. The number of aryl methyl sites for hydroxylation is 1. The Bertz CT molecular complexity index is 995. The average molecular weight is 400 g/mol. The Morgan fingerprint density at radius 2 is 1.96 bits per heavy atom. The number of benzene rings is 2. The van der Waals surface area contributed by atoms with Crippen molar-refractivity contribution < 1.29 is 4.79 Å². The van der Waals surface area contributed by atoms with Crippen LogP contribution in [0.25, 0.3) is 21.1 Å². The number of nitrogens with zero attached hydrogens (tertiary/aromatic N) is 2. The van der Waals surface area contributed by atoms with E-state index in [-0.39, 0.29) is 5.91 Å². The molecule has 0 saturated heterocycles. The molecule has 4 aromatic rings. The second-order valence-electron chi connectivity index (χ2n) is 5.50. The molecule has 0 atom stereocenters. The minimum atomic E-state index is -0.111.